The molecule has 0 amide bonds. The van der Waals surface area contributed by atoms with Gasteiger partial charge < -0.3 is 10.2 Å². The largest absolute Gasteiger partial charge is 0.374 e. The van der Waals surface area contributed by atoms with E-state index in [-0.39, 0.29) is 6.04 Å². The standard InChI is InChI=1S/C12H24N2/c1-6-9-14(10-7-2)11(4)12(8-3)13-5/h8,12-13H,3-4,6-7,9-10H2,1-2,5H3. The van der Waals surface area contributed by atoms with Gasteiger partial charge in [-0.1, -0.05) is 26.5 Å². The van der Waals surface area contributed by atoms with Crippen LogP contribution in [0.5, 0.6) is 0 Å². The van der Waals surface area contributed by atoms with Crippen molar-refractivity contribution in [3.8, 4) is 0 Å². The average Bonchev–Trinajstić information content (AvgIpc) is 2.19. The Bertz CT molecular complexity index is 169. The molecule has 1 atom stereocenters. The van der Waals surface area contributed by atoms with Crippen LogP contribution in [0.1, 0.15) is 26.7 Å². The van der Waals surface area contributed by atoms with E-state index >= 15 is 0 Å². The Morgan fingerprint density at radius 2 is 1.86 bits per heavy atom. The van der Waals surface area contributed by atoms with Crippen LogP contribution in [-0.2, 0) is 0 Å². The molecule has 0 aliphatic heterocycles. The van der Waals surface area contributed by atoms with Crippen LogP contribution in [0.4, 0.5) is 0 Å². The van der Waals surface area contributed by atoms with E-state index in [9.17, 15) is 0 Å². The van der Waals surface area contributed by atoms with Crippen molar-refractivity contribution < 1.29 is 0 Å². The number of nitrogens with zero attached hydrogens (tertiary/aromatic N) is 1. The van der Waals surface area contributed by atoms with E-state index in [0.29, 0.717) is 0 Å². The van der Waals surface area contributed by atoms with Crippen molar-refractivity contribution in [3.63, 3.8) is 0 Å². The topological polar surface area (TPSA) is 15.3 Å². The minimum absolute atomic E-state index is 0.202. The Labute approximate surface area is 88.7 Å². The molecule has 1 N–H and O–H groups in total. The maximum absolute atomic E-state index is 4.13. The molecule has 14 heavy (non-hydrogen) atoms. The normalized spacial score (nSPS) is 12.2. The predicted octanol–water partition coefficient (Wildman–Crippen LogP) is 2.40. The second-order valence-electron chi connectivity index (χ2n) is 3.48. The quantitative estimate of drug-likeness (QED) is 0.600. The lowest BCUT2D eigenvalue weighted by molar-refractivity contribution is 0.325. The number of hydrogen-bond donors (Lipinski definition) is 1. The Kier molecular flexibility index (Phi) is 7.21. The summed E-state index contributed by atoms with van der Waals surface area (Å²) in [6, 6.07) is 0.202. The molecule has 0 aromatic rings. The van der Waals surface area contributed by atoms with Gasteiger partial charge in [-0.2, -0.15) is 0 Å². The SMILES string of the molecule is C=CC(NC)C(=C)N(CCC)CCC. The lowest BCUT2D eigenvalue weighted by atomic mass is 10.2. The van der Waals surface area contributed by atoms with Gasteiger partial charge in [-0.15, -0.1) is 6.58 Å². The summed E-state index contributed by atoms with van der Waals surface area (Å²) < 4.78 is 0. The molecular formula is C12H24N2. The second-order valence-corrected chi connectivity index (χ2v) is 3.48. The maximum atomic E-state index is 4.13. The van der Waals surface area contributed by atoms with Gasteiger partial charge >= 0.3 is 0 Å². The molecule has 0 aromatic heterocycles. The molecule has 0 radical (unpaired) electrons. The lowest BCUT2D eigenvalue weighted by Crippen LogP contribution is -2.36. The fraction of sp³-hybridized carbons (Fsp3) is 0.667. The summed E-state index contributed by atoms with van der Waals surface area (Å²) in [6.07, 6.45) is 4.22. The molecule has 0 rings (SSSR count). The van der Waals surface area contributed by atoms with Crippen molar-refractivity contribution in [2.75, 3.05) is 20.1 Å². The molecule has 0 aliphatic rings. The monoisotopic (exact) mass is 196 g/mol. The lowest BCUT2D eigenvalue weighted by Gasteiger charge is -2.29. The fourth-order valence-corrected chi connectivity index (χ4v) is 1.56. The van der Waals surface area contributed by atoms with E-state index in [2.05, 4.69) is 37.2 Å². The molecule has 0 saturated carbocycles. The highest BCUT2D eigenvalue weighted by Crippen LogP contribution is 2.09. The third-order valence-corrected chi connectivity index (χ3v) is 2.30. The highest BCUT2D eigenvalue weighted by molar-refractivity contribution is 5.11. The van der Waals surface area contributed by atoms with E-state index in [1.54, 1.807) is 0 Å². The third-order valence-electron chi connectivity index (χ3n) is 2.30. The van der Waals surface area contributed by atoms with Crippen molar-refractivity contribution >= 4 is 0 Å². The molecule has 0 aliphatic carbocycles. The number of rotatable bonds is 8. The number of hydrogen-bond acceptors (Lipinski definition) is 2. The van der Waals surface area contributed by atoms with Gasteiger partial charge in [-0.25, -0.2) is 0 Å². The van der Waals surface area contributed by atoms with Crippen LogP contribution in [-0.4, -0.2) is 31.1 Å². The first-order valence-electron chi connectivity index (χ1n) is 5.44. The van der Waals surface area contributed by atoms with Gasteiger partial charge in [0.15, 0.2) is 0 Å². The summed E-state index contributed by atoms with van der Waals surface area (Å²) in [6.45, 7) is 14.5. The summed E-state index contributed by atoms with van der Waals surface area (Å²) >= 11 is 0. The molecule has 0 bridgehead atoms. The van der Waals surface area contributed by atoms with Gasteiger partial charge in [0.05, 0.1) is 6.04 Å². The van der Waals surface area contributed by atoms with Crippen LogP contribution in [0.2, 0.25) is 0 Å². The minimum Gasteiger partial charge on any atom is -0.374 e. The first-order valence-corrected chi connectivity index (χ1v) is 5.44. The minimum atomic E-state index is 0.202. The first kappa shape index (κ1) is 13.2. The smallest absolute Gasteiger partial charge is 0.0646 e. The summed E-state index contributed by atoms with van der Waals surface area (Å²) in [5.74, 6) is 0. The number of likely N-dealkylation sites (N-methyl/N-ethyl adjacent to an activating group) is 1. The average molecular weight is 196 g/mol. The van der Waals surface area contributed by atoms with Crippen molar-refractivity contribution in [1.29, 1.82) is 0 Å². The highest BCUT2D eigenvalue weighted by Gasteiger charge is 2.12. The molecule has 0 fully saturated rings. The van der Waals surface area contributed by atoms with Crippen molar-refractivity contribution in [1.82, 2.24) is 10.2 Å². The fourth-order valence-electron chi connectivity index (χ4n) is 1.56. The Morgan fingerprint density at radius 1 is 1.36 bits per heavy atom. The maximum Gasteiger partial charge on any atom is 0.0646 e. The van der Waals surface area contributed by atoms with E-state index in [1.807, 2.05) is 13.1 Å². The van der Waals surface area contributed by atoms with Gasteiger partial charge in [-0.05, 0) is 19.9 Å². The molecule has 0 aromatic carbocycles. The molecule has 1 unspecified atom stereocenters. The van der Waals surface area contributed by atoms with E-state index in [1.165, 1.54) is 0 Å². The molecule has 2 heteroatoms. The van der Waals surface area contributed by atoms with Crippen LogP contribution >= 0.6 is 0 Å². The van der Waals surface area contributed by atoms with Gasteiger partial charge in [0, 0.05) is 18.8 Å². The summed E-state index contributed by atoms with van der Waals surface area (Å²) in [5, 5.41) is 3.19. The van der Waals surface area contributed by atoms with Crippen LogP contribution in [0.15, 0.2) is 24.9 Å². The Morgan fingerprint density at radius 3 is 2.14 bits per heavy atom. The van der Waals surface area contributed by atoms with E-state index in [0.717, 1.165) is 31.6 Å². The highest BCUT2D eigenvalue weighted by atomic mass is 15.2. The molecule has 82 valence electrons. The molecule has 0 heterocycles. The molecular weight excluding hydrogens is 172 g/mol. The third kappa shape index (κ3) is 3.97. The summed E-state index contributed by atoms with van der Waals surface area (Å²) in [4.78, 5) is 2.34. The Hall–Kier alpha value is -0.760. The van der Waals surface area contributed by atoms with Gasteiger partial charge in [-0.3, -0.25) is 0 Å². The predicted molar refractivity (Wildman–Crippen MR) is 64.3 cm³/mol. The first-order chi connectivity index (χ1) is 6.71. The van der Waals surface area contributed by atoms with Gasteiger partial charge in [0.2, 0.25) is 0 Å². The summed E-state index contributed by atoms with van der Waals surface area (Å²) in [5.41, 5.74) is 1.13. The van der Waals surface area contributed by atoms with E-state index < -0.39 is 0 Å². The van der Waals surface area contributed by atoms with Crippen LogP contribution in [0.3, 0.4) is 0 Å². The number of nitrogens with one attached hydrogen (secondary N) is 1. The molecule has 0 saturated heterocycles. The van der Waals surface area contributed by atoms with Crippen LogP contribution in [0, 0.1) is 0 Å². The molecule has 0 spiro atoms. The second kappa shape index (κ2) is 7.63. The Balaban J connectivity index is 4.31. The van der Waals surface area contributed by atoms with E-state index in [4.69, 9.17) is 0 Å². The zero-order valence-corrected chi connectivity index (χ0v) is 9.84. The summed E-state index contributed by atoms with van der Waals surface area (Å²) in [7, 11) is 1.94. The van der Waals surface area contributed by atoms with Crippen molar-refractivity contribution in [2.24, 2.45) is 0 Å². The van der Waals surface area contributed by atoms with Crippen LogP contribution in [0.25, 0.3) is 0 Å². The molecule has 2 nitrogen and oxygen atoms in total. The van der Waals surface area contributed by atoms with Gasteiger partial charge in [0.25, 0.3) is 0 Å². The zero-order valence-electron chi connectivity index (χ0n) is 9.84. The van der Waals surface area contributed by atoms with Crippen LogP contribution < -0.4 is 5.32 Å². The zero-order chi connectivity index (χ0) is 11.0. The van der Waals surface area contributed by atoms with Crippen molar-refractivity contribution in [2.45, 2.75) is 32.7 Å². The van der Waals surface area contributed by atoms with Crippen molar-refractivity contribution in [3.05, 3.63) is 24.9 Å². The van der Waals surface area contributed by atoms with Gasteiger partial charge in [0.1, 0.15) is 0 Å².